The van der Waals surface area contributed by atoms with Crippen LogP contribution < -0.4 is 15.0 Å². The van der Waals surface area contributed by atoms with Crippen molar-refractivity contribution in [3.63, 3.8) is 0 Å². The summed E-state index contributed by atoms with van der Waals surface area (Å²) >= 11 is 0. The number of ketones is 1. The van der Waals surface area contributed by atoms with Gasteiger partial charge in [-0.25, -0.2) is 9.97 Å². The molecule has 3 aliphatic rings. The molecule has 1 unspecified atom stereocenters. The van der Waals surface area contributed by atoms with Gasteiger partial charge < -0.3 is 19.5 Å². The van der Waals surface area contributed by atoms with Gasteiger partial charge in [-0.15, -0.1) is 0 Å². The van der Waals surface area contributed by atoms with E-state index in [0.29, 0.717) is 48.3 Å². The number of ether oxygens (including phenoxy) is 1. The van der Waals surface area contributed by atoms with Gasteiger partial charge in [0.2, 0.25) is 5.95 Å². The monoisotopic (exact) mass is 383 g/mol. The molecule has 0 radical (unpaired) electrons. The first-order valence-electron chi connectivity index (χ1n) is 10.2. The minimum Gasteiger partial charge on any atom is -0.488 e. The van der Waals surface area contributed by atoms with Crippen molar-refractivity contribution in [3.8, 4) is 17.1 Å². The van der Waals surface area contributed by atoms with Gasteiger partial charge in [-0.2, -0.15) is 0 Å². The molecule has 2 aromatic heterocycles. The number of Topliss-reactive ketones (excluding diaryl/α,β-unsaturated/α-hetero) is 1. The molecule has 4 heterocycles. The number of carbonyl (C=O) groups is 1. The summed E-state index contributed by atoms with van der Waals surface area (Å²) in [7, 11) is 0. The van der Waals surface area contributed by atoms with E-state index in [1.807, 2.05) is 6.07 Å². The topological polar surface area (TPSA) is 93.4 Å². The van der Waals surface area contributed by atoms with Gasteiger partial charge in [0.25, 0.3) is 0 Å². The van der Waals surface area contributed by atoms with Crippen LogP contribution in [0.15, 0.2) is 16.8 Å². The highest BCUT2D eigenvalue weighted by Gasteiger charge is 2.49. The van der Waals surface area contributed by atoms with Gasteiger partial charge in [0.1, 0.15) is 11.5 Å². The van der Waals surface area contributed by atoms with Gasteiger partial charge in [0, 0.05) is 38.7 Å². The fourth-order valence-electron chi connectivity index (χ4n) is 4.60. The third-order valence-corrected chi connectivity index (χ3v) is 6.16. The molecule has 1 N–H and O–H groups in total. The van der Waals surface area contributed by atoms with E-state index >= 15 is 0 Å². The van der Waals surface area contributed by atoms with Gasteiger partial charge in [-0.3, -0.25) is 4.79 Å². The van der Waals surface area contributed by atoms with Crippen LogP contribution in [0, 0.1) is 0 Å². The Bertz CT molecular complexity index is 874. The summed E-state index contributed by atoms with van der Waals surface area (Å²) in [5, 5.41) is 7.67. The fourth-order valence-corrected chi connectivity index (χ4v) is 4.60. The van der Waals surface area contributed by atoms with Crippen molar-refractivity contribution in [2.45, 2.75) is 43.9 Å². The molecule has 148 valence electrons. The quantitative estimate of drug-likeness (QED) is 0.843. The van der Waals surface area contributed by atoms with E-state index in [-0.39, 0.29) is 5.78 Å². The van der Waals surface area contributed by atoms with Crippen molar-refractivity contribution >= 4 is 11.7 Å². The maximum Gasteiger partial charge on any atom is 0.225 e. The lowest BCUT2D eigenvalue weighted by atomic mass is 9.68. The number of aromatic nitrogens is 3. The highest BCUT2D eigenvalue weighted by atomic mass is 16.5. The minimum absolute atomic E-state index is 0.256. The molecule has 1 saturated heterocycles. The first-order chi connectivity index (χ1) is 13.8. The number of anilines is 1. The van der Waals surface area contributed by atoms with Crippen molar-refractivity contribution in [2.24, 2.45) is 0 Å². The van der Waals surface area contributed by atoms with Gasteiger partial charge in [0.05, 0.1) is 12.0 Å². The van der Waals surface area contributed by atoms with Gasteiger partial charge >= 0.3 is 0 Å². The summed E-state index contributed by atoms with van der Waals surface area (Å²) in [6.07, 6.45) is 6.88. The predicted molar refractivity (Wildman–Crippen MR) is 102 cm³/mol. The Hall–Kier alpha value is -2.48. The summed E-state index contributed by atoms with van der Waals surface area (Å²) in [5.41, 5.74) is 0.681. The lowest BCUT2D eigenvalue weighted by Crippen LogP contribution is -2.42. The fraction of sp³-hybridized carbons (Fsp3) is 0.600. The molecule has 5 rings (SSSR count). The van der Waals surface area contributed by atoms with E-state index in [0.717, 1.165) is 51.9 Å². The number of nitrogens with one attached hydrogen (secondary N) is 1. The Morgan fingerprint density at radius 1 is 1.14 bits per heavy atom. The number of nitrogens with zero attached hydrogens (tertiary/aromatic N) is 4. The van der Waals surface area contributed by atoms with Gasteiger partial charge in [-0.05, 0) is 31.9 Å². The van der Waals surface area contributed by atoms with Gasteiger partial charge in [-0.1, -0.05) is 11.6 Å². The number of fused-ring (bicyclic) bond motifs is 2. The Kier molecular flexibility index (Phi) is 4.50. The summed E-state index contributed by atoms with van der Waals surface area (Å²) in [4.78, 5) is 24.2. The molecule has 8 nitrogen and oxygen atoms in total. The van der Waals surface area contributed by atoms with Crippen molar-refractivity contribution in [1.82, 2.24) is 20.4 Å². The average molecular weight is 383 g/mol. The maximum absolute atomic E-state index is 12.8. The largest absolute Gasteiger partial charge is 0.488 e. The summed E-state index contributed by atoms with van der Waals surface area (Å²) < 4.78 is 11.7. The lowest BCUT2D eigenvalue weighted by Gasteiger charge is -2.36. The van der Waals surface area contributed by atoms with E-state index < -0.39 is 5.41 Å². The number of carbonyl (C=O) groups excluding carboxylic acids is 1. The highest BCUT2D eigenvalue weighted by Crippen LogP contribution is 2.49. The lowest BCUT2D eigenvalue weighted by molar-refractivity contribution is -0.128. The second-order valence-corrected chi connectivity index (χ2v) is 7.83. The normalized spacial score (nSPS) is 25.3. The molecule has 28 heavy (non-hydrogen) atoms. The number of hydrogen-bond donors (Lipinski definition) is 1. The zero-order valence-corrected chi connectivity index (χ0v) is 15.9. The molecule has 1 saturated carbocycles. The minimum atomic E-state index is -0.566. The molecular formula is C20H25N5O3. The van der Waals surface area contributed by atoms with Crippen molar-refractivity contribution in [3.05, 3.63) is 18.0 Å². The molecule has 0 bridgehead atoms. The van der Waals surface area contributed by atoms with Crippen LogP contribution in [0.5, 0.6) is 5.75 Å². The van der Waals surface area contributed by atoms with Crippen LogP contribution >= 0.6 is 0 Å². The maximum atomic E-state index is 12.8. The second kappa shape index (κ2) is 7.16. The molecule has 1 spiro atoms. The van der Waals surface area contributed by atoms with Crippen LogP contribution in [0.3, 0.4) is 0 Å². The Morgan fingerprint density at radius 2 is 2.11 bits per heavy atom. The summed E-state index contributed by atoms with van der Waals surface area (Å²) in [5.74, 6) is 2.13. The molecule has 2 aromatic rings. The van der Waals surface area contributed by atoms with Crippen LogP contribution in [0.2, 0.25) is 0 Å². The summed E-state index contributed by atoms with van der Waals surface area (Å²) in [6, 6.07) is 1.82. The van der Waals surface area contributed by atoms with Crippen molar-refractivity contribution < 1.29 is 14.1 Å². The SMILES string of the molecule is O=C1CCCCC12CCOc1c(-c3ccnc(N4CCCNCC4)n3)noc12. The van der Waals surface area contributed by atoms with Crippen LogP contribution in [0.1, 0.15) is 44.3 Å². The number of rotatable bonds is 2. The van der Waals surface area contributed by atoms with E-state index in [1.54, 1.807) is 6.20 Å². The van der Waals surface area contributed by atoms with E-state index in [2.05, 4.69) is 20.4 Å². The molecule has 1 aliphatic carbocycles. The van der Waals surface area contributed by atoms with Crippen LogP contribution in [0.25, 0.3) is 11.4 Å². The highest BCUT2D eigenvalue weighted by molar-refractivity contribution is 5.91. The van der Waals surface area contributed by atoms with Crippen LogP contribution in [0.4, 0.5) is 5.95 Å². The molecule has 8 heteroatoms. The third kappa shape index (κ3) is 2.87. The van der Waals surface area contributed by atoms with E-state index in [1.165, 1.54) is 0 Å². The molecule has 2 aliphatic heterocycles. The van der Waals surface area contributed by atoms with E-state index in [9.17, 15) is 4.79 Å². The van der Waals surface area contributed by atoms with Crippen molar-refractivity contribution in [1.29, 1.82) is 0 Å². The standard InChI is InChI=1S/C20H25N5O3/c26-15-4-1-2-6-20(15)7-13-27-17-16(24-28-18(17)20)14-5-9-22-19(23-14)25-11-3-8-21-10-12-25/h5,9,21H,1-4,6-8,10-13H2. The molecule has 1 atom stereocenters. The van der Waals surface area contributed by atoms with Gasteiger partial charge in [0.15, 0.2) is 17.2 Å². The predicted octanol–water partition coefficient (Wildman–Crippen LogP) is 2.09. The molecule has 2 fully saturated rings. The van der Waals surface area contributed by atoms with Crippen LogP contribution in [-0.2, 0) is 10.2 Å². The van der Waals surface area contributed by atoms with Crippen LogP contribution in [-0.4, -0.2) is 53.7 Å². The van der Waals surface area contributed by atoms with Crippen molar-refractivity contribution in [2.75, 3.05) is 37.7 Å². The molecular weight excluding hydrogens is 358 g/mol. The Balaban J connectivity index is 1.51. The smallest absolute Gasteiger partial charge is 0.225 e. The van der Waals surface area contributed by atoms with E-state index in [4.69, 9.17) is 14.2 Å². The average Bonchev–Trinajstić information content (AvgIpc) is 2.98. The number of hydrogen-bond acceptors (Lipinski definition) is 8. The summed E-state index contributed by atoms with van der Waals surface area (Å²) in [6.45, 7) is 4.22. The Labute approximate surface area is 163 Å². The Morgan fingerprint density at radius 3 is 3.04 bits per heavy atom. The first-order valence-corrected chi connectivity index (χ1v) is 10.2. The zero-order chi connectivity index (χ0) is 19.0. The first kappa shape index (κ1) is 17.6. The second-order valence-electron chi connectivity index (χ2n) is 7.83. The molecule has 0 aromatic carbocycles. The molecule has 0 amide bonds. The third-order valence-electron chi connectivity index (χ3n) is 6.16. The zero-order valence-electron chi connectivity index (χ0n) is 15.9.